The molecule has 4 heteroatoms. The Balaban J connectivity index is 1.84. The largest absolute Gasteiger partial charge is 0.358 e. The first-order chi connectivity index (χ1) is 13.5. The molecule has 2 aliphatic rings. The summed E-state index contributed by atoms with van der Waals surface area (Å²) in [7, 11) is 1.92. The van der Waals surface area contributed by atoms with Gasteiger partial charge in [0.25, 0.3) is 0 Å². The van der Waals surface area contributed by atoms with Gasteiger partial charge in [0, 0.05) is 49.3 Å². The molecule has 4 nitrogen and oxygen atoms in total. The number of nitrogens with one attached hydrogen (secondary N) is 1. The number of H-pyrrole nitrogens is 1. The van der Waals surface area contributed by atoms with Gasteiger partial charge >= 0.3 is 0 Å². The molecule has 148 valence electrons. The monoisotopic (exact) mass is 377 g/mol. The van der Waals surface area contributed by atoms with Crippen LogP contribution in [0.4, 0.5) is 0 Å². The van der Waals surface area contributed by atoms with Gasteiger partial charge in [-0.2, -0.15) is 0 Å². The molecule has 0 spiro atoms. The number of carbonyl (C=O) groups is 1. The summed E-state index contributed by atoms with van der Waals surface area (Å²) < 4.78 is 0. The molecule has 1 aromatic heterocycles. The molecule has 2 unspecified atom stereocenters. The second kappa shape index (κ2) is 7.25. The first kappa shape index (κ1) is 19.0. The van der Waals surface area contributed by atoms with E-state index in [0.29, 0.717) is 6.04 Å². The van der Waals surface area contributed by atoms with Crippen LogP contribution in [0.3, 0.4) is 0 Å². The van der Waals surface area contributed by atoms with E-state index in [1.165, 1.54) is 38.9 Å². The fraction of sp³-hybridized carbons (Fsp3) is 0.458. The summed E-state index contributed by atoms with van der Waals surface area (Å²) in [4.78, 5) is 21.0. The summed E-state index contributed by atoms with van der Waals surface area (Å²) in [6.45, 7) is 12.8. The number of aromatic amines is 1. The van der Waals surface area contributed by atoms with Crippen LogP contribution in [0.15, 0.2) is 30.9 Å². The third-order valence-corrected chi connectivity index (χ3v) is 6.42. The van der Waals surface area contributed by atoms with Gasteiger partial charge < -0.3 is 9.88 Å². The van der Waals surface area contributed by atoms with Crippen LogP contribution in [0.1, 0.15) is 35.7 Å². The quantitative estimate of drug-likeness (QED) is 0.798. The minimum atomic E-state index is -0.0966. The average Bonchev–Trinajstić information content (AvgIpc) is 3.02. The third kappa shape index (κ3) is 2.91. The minimum Gasteiger partial charge on any atom is -0.358 e. The Morgan fingerprint density at radius 2 is 2.18 bits per heavy atom. The Morgan fingerprint density at radius 1 is 1.39 bits per heavy atom. The molecular formula is C24H31N3O. The summed E-state index contributed by atoms with van der Waals surface area (Å²) >= 11 is 0. The molecule has 1 aromatic carbocycles. The third-order valence-electron chi connectivity index (χ3n) is 6.42. The van der Waals surface area contributed by atoms with Crippen molar-refractivity contribution in [2.75, 3.05) is 26.7 Å². The van der Waals surface area contributed by atoms with Crippen molar-refractivity contribution in [1.29, 1.82) is 0 Å². The summed E-state index contributed by atoms with van der Waals surface area (Å²) in [5.74, 6) is 0.127. The molecule has 0 saturated heterocycles. The van der Waals surface area contributed by atoms with E-state index < -0.39 is 0 Å². The number of nitrogens with zero attached hydrogens (tertiary/aromatic N) is 2. The lowest BCUT2D eigenvalue weighted by atomic mass is 9.78. The number of hydrogen-bond donors (Lipinski definition) is 1. The molecule has 1 amide bonds. The van der Waals surface area contributed by atoms with Crippen LogP contribution < -0.4 is 0 Å². The van der Waals surface area contributed by atoms with Crippen molar-refractivity contribution in [1.82, 2.24) is 14.8 Å². The van der Waals surface area contributed by atoms with Gasteiger partial charge in [0.15, 0.2) is 0 Å². The van der Waals surface area contributed by atoms with Gasteiger partial charge in [-0.25, -0.2) is 0 Å². The molecule has 1 N–H and O–H groups in total. The first-order valence-electron chi connectivity index (χ1n) is 10.4. The normalized spacial score (nSPS) is 21.4. The maximum atomic E-state index is 13.1. The van der Waals surface area contributed by atoms with Crippen LogP contribution in [0.2, 0.25) is 0 Å². The van der Waals surface area contributed by atoms with E-state index in [1.807, 2.05) is 18.0 Å². The zero-order valence-electron chi connectivity index (χ0n) is 17.5. The molecule has 0 radical (unpaired) electrons. The van der Waals surface area contributed by atoms with Crippen molar-refractivity contribution in [3.05, 3.63) is 53.2 Å². The molecule has 2 atom stereocenters. The number of benzene rings is 1. The van der Waals surface area contributed by atoms with Gasteiger partial charge in [-0.1, -0.05) is 31.2 Å². The Labute approximate surface area is 167 Å². The van der Waals surface area contributed by atoms with Crippen molar-refractivity contribution in [3.8, 4) is 0 Å². The average molecular weight is 378 g/mol. The smallest absolute Gasteiger partial charge is 0.230 e. The molecule has 1 aliphatic heterocycles. The molecular weight excluding hydrogens is 346 g/mol. The minimum absolute atomic E-state index is 0.0966. The topological polar surface area (TPSA) is 39.3 Å². The number of aryl methyl sites for hydroxylation is 2. The highest BCUT2D eigenvalue weighted by Crippen LogP contribution is 2.43. The summed E-state index contributed by atoms with van der Waals surface area (Å²) in [6, 6.07) is 4.76. The first-order valence-corrected chi connectivity index (χ1v) is 10.4. The van der Waals surface area contributed by atoms with Gasteiger partial charge in [-0.3, -0.25) is 9.69 Å². The number of amides is 1. The van der Waals surface area contributed by atoms with E-state index in [-0.39, 0.29) is 11.8 Å². The number of fused-ring (bicyclic) bond motifs is 2. The molecule has 4 rings (SSSR count). The molecule has 1 aliphatic carbocycles. The molecule has 2 aromatic rings. The van der Waals surface area contributed by atoms with E-state index in [0.717, 1.165) is 32.5 Å². The standard InChI is InChI=1S/C24H31N3O/c1-6-10-26(5)24(28)17-12-20-18-9-8-15(3)23-22(18)19(16(4)25-23)13-21(20)27(14-17)11-7-2/h7-9,12,17,21,25H,2,6,10-11,13-14H2,1,3-5H3. The van der Waals surface area contributed by atoms with Crippen LogP contribution >= 0.6 is 0 Å². The highest BCUT2D eigenvalue weighted by Gasteiger charge is 2.38. The predicted molar refractivity (Wildman–Crippen MR) is 116 cm³/mol. The van der Waals surface area contributed by atoms with E-state index in [1.54, 1.807) is 0 Å². The van der Waals surface area contributed by atoms with E-state index in [4.69, 9.17) is 0 Å². The number of rotatable bonds is 5. The second-order valence-corrected chi connectivity index (χ2v) is 8.36. The highest BCUT2D eigenvalue weighted by atomic mass is 16.2. The molecule has 0 bridgehead atoms. The van der Waals surface area contributed by atoms with E-state index in [9.17, 15) is 4.79 Å². The van der Waals surface area contributed by atoms with Gasteiger partial charge in [0.2, 0.25) is 5.91 Å². The summed E-state index contributed by atoms with van der Waals surface area (Å²) in [5, 5.41) is 1.36. The lowest BCUT2D eigenvalue weighted by Gasteiger charge is -2.42. The lowest BCUT2D eigenvalue weighted by Crippen LogP contribution is -2.48. The van der Waals surface area contributed by atoms with Crippen molar-refractivity contribution >= 4 is 22.4 Å². The maximum Gasteiger partial charge on any atom is 0.230 e. The van der Waals surface area contributed by atoms with Crippen molar-refractivity contribution in [2.24, 2.45) is 5.92 Å². The SMILES string of the molecule is C=CCN1CC(C(=O)N(C)CCC)C=C2c3ccc(C)c4[nH]c(C)c(c34)CC21. The highest BCUT2D eigenvalue weighted by molar-refractivity contribution is 6.01. The van der Waals surface area contributed by atoms with Crippen LogP contribution in [0.5, 0.6) is 0 Å². The van der Waals surface area contributed by atoms with Crippen molar-refractivity contribution < 1.29 is 4.79 Å². The molecule has 2 heterocycles. The number of hydrogen-bond acceptors (Lipinski definition) is 2. The van der Waals surface area contributed by atoms with Crippen LogP contribution in [0.25, 0.3) is 16.5 Å². The van der Waals surface area contributed by atoms with Crippen LogP contribution in [-0.2, 0) is 11.2 Å². The lowest BCUT2D eigenvalue weighted by molar-refractivity contribution is -0.133. The van der Waals surface area contributed by atoms with Gasteiger partial charge in [-0.05, 0) is 49.0 Å². The van der Waals surface area contributed by atoms with E-state index in [2.05, 4.69) is 55.4 Å². The van der Waals surface area contributed by atoms with E-state index >= 15 is 0 Å². The number of aromatic nitrogens is 1. The molecule has 0 fully saturated rings. The zero-order chi connectivity index (χ0) is 20.0. The van der Waals surface area contributed by atoms with Crippen molar-refractivity contribution in [2.45, 2.75) is 39.7 Å². The predicted octanol–water partition coefficient (Wildman–Crippen LogP) is 4.08. The van der Waals surface area contributed by atoms with Crippen LogP contribution in [-0.4, -0.2) is 53.4 Å². The Hall–Kier alpha value is -2.33. The maximum absolute atomic E-state index is 13.1. The van der Waals surface area contributed by atoms with Gasteiger partial charge in [0.05, 0.1) is 5.92 Å². The Morgan fingerprint density at radius 3 is 2.89 bits per heavy atom. The fourth-order valence-electron chi connectivity index (χ4n) is 5.03. The fourth-order valence-corrected chi connectivity index (χ4v) is 5.03. The summed E-state index contributed by atoms with van der Waals surface area (Å²) in [5.41, 5.74) is 7.83. The summed E-state index contributed by atoms with van der Waals surface area (Å²) in [6.07, 6.45) is 6.20. The number of carbonyl (C=O) groups excluding carboxylic acids is 1. The zero-order valence-corrected chi connectivity index (χ0v) is 17.5. The van der Waals surface area contributed by atoms with Gasteiger partial charge in [-0.15, -0.1) is 6.58 Å². The van der Waals surface area contributed by atoms with Crippen LogP contribution in [0, 0.1) is 19.8 Å². The van der Waals surface area contributed by atoms with Crippen molar-refractivity contribution in [3.63, 3.8) is 0 Å². The van der Waals surface area contributed by atoms with Gasteiger partial charge in [0.1, 0.15) is 0 Å². The Kier molecular flexibility index (Phi) is 4.92. The molecule has 0 saturated carbocycles. The Bertz CT molecular complexity index is 968. The molecule has 28 heavy (non-hydrogen) atoms. The second-order valence-electron chi connectivity index (χ2n) is 8.36.